The van der Waals surface area contributed by atoms with Crippen molar-refractivity contribution in [1.82, 2.24) is 14.9 Å². The summed E-state index contributed by atoms with van der Waals surface area (Å²) in [6, 6.07) is 12.6. The van der Waals surface area contributed by atoms with Gasteiger partial charge in [0.2, 0.25) is 0 Å². The maximum absolute atomic E-state index is 12.4. The molecule has 1 aromatic carbocycles. The molecule has 24 heavy (non-hydrogen) atoms. The van der Waals surface area contributed by atoms with Gasteiger partial charge in [0.15, 0.2) is 5.82 Å². The van der Waals surface area contributed by atoms with Crippen molar-refractivity contribution >= 4 is 11.3 Å². The van der Waals surface area contributed by atoms with E-state index in [4.69, 9.17) is 4.98 Å². The topological polar surface area (TPSA) is 49.0 Å². The van der Waals surface area contributed by atoms with Gasteiger partial charge >= 0.3 is 0 Å². The molecular formula is C19H19N3OS. The molecule has 0 bridgehead atoms. The van der Waals surface area contributed by atoms with Crippen molar-refractivity contribution in [1.29, 1.82) is 0 Å². The SMILES string of the molecule is Cc1ccc(CN2CCc3c(nc(-c4cccs4)[nH]c3=O)C2)cc1. The van der Waals surface area contributed by atoms with Crippen LogP contribution in [-0.4, -0.2) is 21.4 Å². The fraction of sp³-hybridized carbons (Fsp3) is 0.263. The summed E-state index contributed by atoms with van der Waals surface area (Å²) in [4.78, 5) is 23.4. The molecule has 1 N–H and O–H groups in total. The molecule has 0 saturated heterocycles. The Morgan fingerprint density at radius 3 is 2.83 bits per heavy atom. The normalized spacial score (nSPS) is 14.5. The van der Waals surface area contributed by atoms with E-state index in [9.17, 15) is 4.79 Å². The fourth-order valence-electron chi connectivity index (χ4n) is 3.11. The number of aryl methyl sites for hydroxylation is 1. The van der Waals surface area contributed by atoms with Gasteiger partial charge in [0.05, 0.1) is 10.6 Å². The number of aromatic amines is 1. The molecule has 0 unspecified atom stereocenters. The zero-order valence-corrected chi connectivity index (χ0v) is 14.4. The van der Waals surface area contributed by atoms with Crippen LogP contribution in [0.4, 0.5) is 0 Å². The molecule has 4 rings (SSSR count). The van der Waals surface area contributed by atoms with Crippen molar-refractivity contribution in [2.24, 2.45) is 0 Å². The Bertz CT molecular complexity index is 897. The molecule has 2 aromatic heterocycles. The van der Waals surface area contributed by atoms with Crippen molar-refractivity contribution in [2.75, 3.05) is 6.54 Å². The molecule has 5 heteroatoms. The van der Waals surface area contributed by atoms with Crippen LogP contribution in [0.25, 0.3) is 10.7 Å². The van der Waals surface area contributed by atoms with Crippen LogP contribution in [0.1, 0.15) is 22.4 Å². The van der Waals surface area contributed by atoms with Gasteiger partial charge in [-0.3, -0.25) is 9.69 Å². The maximum Gasteiger partial charge on any atom is 0.254 e. The van der Waals surface area contributed by atoms with E-state index in [-0.39, 0.29) is 5.56 Å². The average molecular weight is 337 g/mol. The Labute approximate surface area is 144 Å². The number of rotatable bonds is 3. The van der Waals surface area contributed by atoms with E-state index >= 15 is 0 Å². The highest BCUT2D eigenvalue weighted by molar-refractivity contribution is 7.13. The fourth-order valence-corrected chi connectivity index (χ4v) is 3.78. The molecule has 0 spiro atoms. The van der Waals surface area contributed by atoms with Crippen LogP contribution in [0, 0.1) is 6.92 Å². The van der Waals surface area contributed by atoms with Gasteiger partial charge in [-0.15, -0.1) is 11.3 Å². The third kappa shape index (κ3) is 3.05. The summed E-state index contributed by atoms with van der Waals surface area (Å²) >= 11 is 1.59. The molecule has 0 aliphatic carbocycles. The minimum atomic E-state index is 0.0124. The van der Waals surface area contributed by atoms with Gasteiger partial charge in [0, 0.05) is 25.2 Å². The second-order valence-corrected chi connectivity index (χ2v) is 7.21. The Balaban J connectivity index is 1.59. The van der Waals surface area contributed by atoms with Crippen LogP contribution in [0.15, 0.2) is 46.6 Å². The summed E-state index contributed by atoms with van der Waals surface area (Å²) in [5.74, 6) is 0.686. The summed E-state index contributed by atoms with van der Waals surface area (Å²) < 4.78 is 0. The van der Waals surface area contributed by atoms with Crippen LogP contribution < -0.4 is 5.56 Å². The van der Waals surface area contributed by atoms with Crippen LogP contribution in [0.2, 0.25) is 0 Å². The zero-order valence-electron chi connectivity index (χ0n) is 13.6. The third-order valence-electron chi connectivity index (χ3n) is 4.43. The lowest BCUT2D eigenvalue weighted by atomic mass is 10.1. The van der Waals surface area contributed by atoms with Crippen molar-refractivity contribution in [3.8, 4) is 10.7 Å². The van der Waals surface area contributed by atoms with E-state index in [1.165, 1.54) is 11.1 Å². The largest absolute Gasteiger partial charge is 0.306 e. The molecule has 0 amide bonds. The Kier molecular flexibility index (Phi) is 4.04. The van der Waals surface area contributed by atoms with Gasteiger partial charge in [0.25, 0.3) is 5.56 Å². The standard InChI is InChI=1S/C19H19N3OS/c1-13-4-6-14(7-5-13)11-22-9-8-15-16(12-22)20-18(21-19(15)23)17-3-2-10-24-17/h2-7,10H,8-9,11-12H2,1H3,(H,20,21,23). The third-order valence-corrected chi connectivity index (χ3v) is 5.31. The number of H-pyrrole nitrogens is 1. The molecule has 0 fully saturated rings. The van der Waals surface area contributed by atoms with Gasteiger partial charge in [-0.25, -0.2) is 4.98 Å². The van der Waals surface area contributed by atoms with Gasteiger partial charge < -0.3 is 4.98 Å². The van der Waals surface area contributed by atoms with Crippen LogP contribution in [0.5, 0.6) is 0 Å². The lowest BCUT2D eigenvalue weighted by molar-refractivity contribution is 0.240. The summed E-state index contributed by atoms with van der Waals surface area (Å²) in [6.07, 6.45) is 0.758. The number of benzene rings is 1. The molecule has 0 atom stereocenters. The van der Waals surface area contributed by atoms with E-state index in [1.807, 2.05) is 17.5 Å². The molecule has 4 nitrogen and oxygen atoms in total. The van der Waals surface area contributed by atoms with E-state index in [1.54, 1.807) is 11.3 Å². The predicted molar refractivity (Wildman–Crippen MR) is 97.2 cm³/mol. The van der Waals surface area contributed by atoms with E-state index < -0.39 is 0 Å². The summed E-state index contributed by atoms with van der Waals surface area (Å²) in [5.41, 5.74) is 4.35. The Hall–Kier alpha value is -2.24. The van der Waals surface area contributed by atoms with E-state index in [0.29, 0.717) is 5.82 Å². The lowest BCUT2D eigenvalue weighted by Gasteiger charge is -2.27. The van der Waals surface area contributed by atoms with Crippen LogP contribution >= 0.6 is 11.3 Å². The quantitative estimate of drug-likeness (QED) is 0.797. The highest BCUT2D eigenvalue weighted by Gasteiger charge is 2.21. The lowest BCUT2D eigenvalue weighted by Crippen LogP contribution is -2.35. The zero-order chi connectivity index (χ0) is 16.5. The molecule has 0 saturated carbocycles. The first-order chi connectivity index (χ1) is 11.7. The first-order valence-electron chi connectivity index (χ1n) is 8.13. The predicted octanol–water partition coefficient (Wildman–Crippen LogP) is 3.37. The van der Waals surface area contributed by atoms with Crippen molar-refractivity contribution in [3.63, 3.8) is 0 Å². The number of hydrogen-bond donors (Lipinski definition) is 1. The first kappa shape index (κ1) is 15.3. The monoisotopic (exact) mass is 337 g/mol. The molecule has 122 valence electrons. The molecule has 1 aliphatic rings. The van der Waals surface area contributed by atoms with Crippen LogP contribution in [-0.2, 0) is 19.5 Å². The summed E-state index contributed by atoms with van der Waals surface area (Å²) in [6.45, 7) is 4.61. The van der Waals surface area contributed by atoms with Crippen LogP contribution in [0.3, 0.4) is 0 Å². The molecule has 3 heterocycles. The molecule has 1 aliphatic heterocycles. The van der Waals surface area contributed by atoms with Gasteiger partial charge in [-0.2, -0.15) is 0 Å². The smallest absolute Gasteiger partial charge is 0.254 e. The molecule has 0 radical (unpaired) electrons. The number of nitrogens with one attached hydrogen (secondary N) is 1. The van der Waals surface area contributed by atoms with Gasteiger partial charge in [-0.05, 0) is 30.4 Å². The Morgan fingerprint density at radius 2 is 2.08 bits per heavy atom. The van der Waals surface area contributed by atoms with Crippen molar-refractivity contribution in [3.05, 3.63) is 74.5 Å². The minimum absolute atomic E-state index is 0.0124. The molecular weight excluding hydrogens is 318 g/mol. The highest BCUT2D eigenvalue weighted by Crippen LogP contribution is 2.23. The average Bonchev–Trinajstić information content (AvgIpc) is 3.11. The number of nitrogens with zero attached hydrogens (tertiary/aromatic N) is 2. The first-order valence-corrected chi connectivity index (χ1v) is 9.01. The van der Waals surface area contributed by atoms with Crippen molar-refractivity contribution in [2.45, 2.75) is 26.4 Å². The van der Waals surface area contributed by atoms with Gasteiger partial charge in [-0.1, -0.05) is 35.9 Å². The second-order valence-electron chi connectivity index (χ2n) is 6.26. The highest BCUT2D eigenvalue weighted by atomic mass is 32.1. The summed E-state index contributed by atoms with van der Waals surface area (Å²) in [5, 5.41) is 2.00. The van der Waals surface area contributed by atoms with E-state index in [2.05, 4.69) is 41.1 Å². The summed E-state index contributed by atoms with van der Waals surface area (Å²) in [7, 11) is 0. The minimum Gasteiger partial charge on any atom is -0.306 e. The van der Waals surface area contributed by atoms with Gasteiger partial charge in [0.1, 0.15) is 0 Å². The second kappa shape index (κ2) is 6.34. The number of aromatic nitrogens is 2. The molecule has 3 aromatic rings. The number of fused-ring (bicyclic) bond motifs is 1. The van der Waals surface area contributed by atoms with Crippen molar-refractivity contribution < 1.29 is 0 Å². The number of thiophene rings is 1. The maximum atomic E-state index is 12.4. The Morgan fingerprint density at radius 1 is 1.25 bits per heavy atom. The number of hydrogen-bond acceptors (Lipinski definition) is 4. The van der Waals surface area contributed by atoms with E-state index in [0.717, 1.165) is 42.2 Å².